The Bertz CT molecular complexity index is 339. The molecule has 0 amide bonds. The van der Waals surface area contributed by atoms with Gasteiger partial charge in [0, 0.05) is 13.1 Å². The molecule has 1 aromatic rings. The number of benzene rings is 1. The van der Waals surface area contributed by atoms with E-state index in [1.807, 2.05) is 25.1 Å². The van der Waals surface area contributed by atoms with E-state index >= 15 is 0 Å². The molecule has 0 heterocycles. The van der Waals surface area contributed by atoms with Crippen molar-refractivity contribution in [3.63, 3.8) is 0 Å². The van der Waals surface area contributed by atoms with E-state index in [2.05, 4.69) is 5.32 Å². The lowest BCUT2D eigenvalue weighted by Gasteiger charge is -2.12. The van der Waals surface area contributed by atoms with Gasteiger partial charge >= 0.3 is 0 Å². The van der Waals surface area contributed by atoms with Crippen LogP contribution in [0.2, 0.25) is 0 Å². The average Bonchev–Trinajstić information content (AvgIpc) is 2.30. The summed E-state index contributed by atoms with van der Waals surface area (Å²) in [7, 11) is 1.63. The molecule has 0 radical (unpaired) electrons. The second kappa shape index (κ2) is 7.14. The molecule has 0 fully saturated rings. The van der Waals surface area contributed by atoms with Crippen LogP contribution in [0.1, 0.15) is 19.4 Å². The Labute approximate surface area is 103 Å². The fourth-order valence-electron chi connectivity index (χ4n) is 1.52. The lowest BCUT2D eigenvalue weighted by molar-refractivity contribution is 0.191. The first-order valence-electron chi connectivity index (χ1n) is 5.85. The smallest absolute Gasteiger partial charge is 0.161 e. The van der Waals surface area contributed by atoms with Crippen LogP contribution in [-0.2, 0) is 6.54 Å². The number of aliphatic hydroxyl groups is 1. The number of aliphatic hydroxyl groups excluding tert-OH is 1. The SMILES string of the molecule is CCOc1ccc(CNCC(C)O)cc1OC. The van der Waals surface area contributed by atoms with Gasteiger partial charge in [-0.2, -0.15) is 0 Å². The van der Waals surface area contributed by atoms with E-state index in [0.29, 0.717) is 19.7 Å². The van der Waals surface area contributed by atoms with Gasteiger partial charge in [-0.15, -0.1) is 0 Å². The van der Waals surface area contributed by atoms with Crippen LogP contribution >= 0.6 is 0 Å². The van der Waals surface area contributed by atoms with Crippen LogP contribution in [0, 0.1) is 0 Å². The van der Waals surface area contributed by atoms with Gasteiger partial charge in [0.05, 0.1) is 19.8 Å². The first-order chi connectivity index (χ1) is 8.17. The van der Waals surface area contributed by atoms with E-state index in [-0.39, 0.29) is 6.10 Å². The molecule has 4 heteroatoms. The topological polar surface area (TPSA) is 50.7 Å². The van der Waals surface area contributed by atoms with Gasteiger partial charge in [0.1, 0.15) is 0 Å². The Morgan fingerprint density at radius 1 is 1.35 bits per heavy atom. The zero-order valence-electron chi connectivity index (χ0n) is 10.7. The molecule has 0 aliphatic heterocycles. The molecule has 0 aromatic heterocycles. The quantitative estimate of drug-likeness (QED) is 0.758. The van der Waals surface area contributed by atoms with Crippen molar-refractivity contribution >= 4 is 0 Å². The summed E-state index contributed by atoms with van der Waals surface area (Å²) >= 11 is 0. The standard InChI is InChI=1S/C13H21NO3/c1-4-17-12-6-5-11(7-13(12)16-3)9-14-8-10(2)15/h5-7,10,14-15H,4,8-9H2,1-3H3. The maximum absolute atomic E-state index is 9.14. The normalized spacial score (nSPS) is 12.2. The summed E-state index contributed by atoms with van der Waals surface area (Å²) in [6, 6.07) is 5.84. The molecule has 4 nitrogen and oxygen atoms in total. The van der Waals surface area contributed by atoms with E-state index in [4.69, 9.17) is 14.6 Å². The van der Waals surface area contributed by atoms with Gasteiger partial charge in [0.2, 0.25) is 0 Å². The van der Waals surface area contributed by atoms with Gasteiger partial charge in [-0.3, -0.25) is 0 Å². The van der Waals surface area contributed by atoms with Crippen LogP contribution in [-0.4, -0.2) is 31.5 Å². The van der Waals surface area contributed by atoms with Gasteiger partial charge in [0.15, 0.2) is 11.5 Å². The molecule has 1 aromatic carbocycles. The molecule has 1 unspecified atom stereocenters. The Kier molecular flexibility index (Phi) is 5.80. The van der Waals surface area contributed by atoms with Crippen LogP contribution in [0.3, 0.4) is 0 Å². The van der Waals surface area contributed by atoms with Crippen molar-refractivity contribution in [3.05, 3.63) is 23.8 Å². The van der Waals surface area contributed by atoms with Crippen LogP contribution in [0.15, 0.2) is 18.2 Å². The second-order valence-electron chi connectivity index (χ2n) is 3.90. The molecule has 1 rings (SSSR count). The van der Waals surface area contributed by atoms with Crippen LogP contribution in [0.4, 0.5) is 0 Å². The van der Waals surface area contributed by atoms with Crippen molar-refractivity contribution in [1.29, 1.82) is 0 Å². The zero-order chi connectivity index (χ0) is 12.7. The summed E-state index contributed by atoms with van der Waals surface area (Å²) < 4.78 is 10.7. The monoisotopic (exact) mass is 239 g/mol. The summed E-state index contributed by atoms with van der Waals surface area (Å²) in [5.74, 6) is 1.50. The molecule has 96 valence electrons. The minimum atomic E-state index is -0.334. The highest BCUT2D eigenvalue weighted by molar-refractivity contribution is 5.42. The molecule has 0 saturated carbocycles. The largest absolute Gasteiger partial charge is 0.493 e. The van der Waals surface area contributed by atoms with Gasteiger partial charge in [-0.05, 0) is 31.5 Å². The molecule has 0 bridgehead atoms. The molecule has 2 N–H and O–H groups in total. The second-order valence-corrected chi connectivity index (χ2v) is 3.90. The van der Waals surface area contributed by atoms with Gasteiger partial charge in [0.25, 0.3) is 0 Å². The van der Waals surface area contributed by atoms with E-state index in [0.717, 1.165) is 17.1 Å². The Hall–Kier alpha value is -1.26. The van der Waals surface area contributed by atoms with Gasteiger partial charge < -0.3 is 19.9 Å². The van der Waals surface area contributed by atoms with Crippen molar-refractivity contribution in [1.82, 2.24) is 5.32 Å². The highest BCUT2D eigenvalue weighted by Crippen LogP contribution is 2.27. The maximum atomic E-state index is 9.14. The highest BCUT2D eigenvalue weighted by atomic mass is 16.5. The Morgan fingerprint density at radius 3 is 2.71 bits per heavy atom. The molecule has 1 atom stereocenters. The number of ether oxygens (including phenoxy) is 2. The number of rotatable bonds is 7. The third-order valence-electron chi connectivity index (χ3n) is 2.30. The lowest BCUT2D eigenvalue weighted by Crippen LogP contribution is -2.23. The molecule has 0 aliphatic carbocycles. The van der Waals surface area contributed by atoms with E-state index in [1.54, 1.807) is 14.0 Å². The van der Waals surface area contributed by atoms with Gasteiger partial charge in [-0.25, -0.2) is 0 Å². The van der Waals surface area contributed by atoms with E-state index < -0.39 is 0 Å². The first-order valence-corrected chi connectivity index (χ1v) is 5.85. The maximum Gasteiger partial charge on any atom is 0.161 e. The molecular formula is C13H21NO3. The Balaban J connectivity index is 2.62. The van der Waals surface area contributed by atoms with Crippen LogP contribution in [0.25, 0.3) is 0 Å². The van der Waals surface area contributed by atoms with Gasteiger partial charge in [-0.1, -0.05) is 6.07 Å². The summed E-state index contributed by atoms with van der Waals surface area (Å²) in [4.78, 5) is 0. The molecule has 0 spiro atoms. The van der Waals surface area contributed by atoms with Crippen molar-refractivity contribution in [3.8, 4) is 11.5 Å². The number of nitrogens with one attached hydrogen (secondary N) is 1. The van der Waals surface area contributed by atoms with Crippen molar-refractivity contribution in [2.75, 3.05) is 20.3 Å². The third kappa shape index (κ3) is 4.63. The average molecular weight is 239 g/mol. The molecule has 0 saturated heterocycles. The zero-order valence-corrected chi connectivity index (χ0v) is 10.7. The number of methoxy groups -OCH3 is 1. The minimum absolute atomic E-state index is 0.334. The van der Waals surface area contributed by atoms with Crippen molar-refractivity contribution in [2.45, 2.75) is 26.5 Å². The molecular weight excluding hydrogens is 218 g/mol. The third-order valence-corrected chi connectivity index (χ3v) is 2.30. The lowest BCUT2D eigenvalue weighted by atomic mass is 10.2. The molecule has 0 aliphatic rings. The number of hydrogen-bond donors (Lipinski definition) is 2. The Morgan fingerprint density at radius 2 is 2.12 bits per heavy atom. The first kappa shape index (κ1) is 13.8. The predicted octanol–water partition coefficient (Wildman–Crippen LogP) is 1.56. The highest BCUT2D eigenvalue weighted by Gasteiger charge is 2.05. The van der Waals surface area contributed by atoms with E-state index in [9.17, 15) is 0 Å². The summed E-state index contributed by atoms with van der Waals surface area (Å²) in [5.41, 5.74) is 1.10. The van der Waals surface area contributed by atoms with E-state index in [1.165, 1.54) is 0 Å². The van der Waals surface area contributed by atoms with Crippen LogP contribution in [0.5, 0.6) is 11.5 Å². The predicted molar refractivity (Wildman–Crippen MR) is 67.6 cm³/mol. The fraction of sp³-hybridized carbons (Fsp3) is 0.538. The molecule has 17 heavy (non-hydrogen) atoms. The summed E-state index contributed by atoms with van der Waals surface area (Å²) in [5, 5.41) is 12.3. The minimum Gasteiger partial charge on any atom is -0.493 e. The summed E-state index contributed by atoms with van der Waals surface area (Å²) in [6.07, 6.45) is -0.334. The number of hydrogen-bond acceptors (Lipinski definition) is 4. The van der Waals surface area contributed by atoms with Crippen molar-refractivity contribution in [2.24, 2.45) is 0 Å². The fourth-order valence-corrected chi connectivity index (χ4v) is 1.52. The van der Waals surface area contributed by atoms with Crippen LogP contribution < -0.4 is 14.8 Å². The van der Waals surface area contributed by atoms with Crippen molar-refractivity contribution < 1.29 is 14.6 Å². The summed E-state index contributed by atoms with van der Waals surface area (Å²) in [6.45, 7) is 5.60.